The Labute approximate surface area is 284 Å². The van der Waals surface area contributed by atoms with Gasteiger partial charge in [0, 0.05) is 25.2 Å². The lowest BCUT2D eigenvalue weighted by molar-refractivity contribution is 0.0582. The normalized spacial score (nSPS) is 11.1. The van der Waals surface area contributed by atoms with Crippen LogP contribution in [0, 0.1) is 11.6 Å². The molecule has 2 aromatic carbocycles. The van der Waals surface area contributed by atoms with Crippen molar-refractivity contribution in [2.24, 2.45) is 0 Å². The Hall–Kier alpha value is -3.95. The molecule has 0 fully saturated rings. The second kappa shape index (κ2) is 16.2. The van der Waals surface area contributed by atoms with E-state index in [1.165, 1.54) is 39.8 Å². The van der Waals surface area contributed by atoms with Crippen LogP contribution in [0.1, 0.15) is 60.5 Å². The molecule has 0 aliphatic heterocycles. The lowest BCUT2D eigenvalue weighted by atomic mass is 10.0. The van der Waals surface area contributed by atoms with Crippen molar-refractivity contribution in [3.05, 3.63) is 109 Å². The molecule has 0 aliphatic carbocycles. The van der Waals surface area contributed by atoms with E-state index in [9.17, 15) is 23.2 Å². The number of ether oxygens (including phenoxy) is 1. The van der Waals surface area contributed by atoms with E-state index in [1.807, 2.05) is 6.92 Å². The monoisotopic (exact) mass is 687 g/mol. The lowest BCUT2D eigenvalue weighted by Crippen LogP contribution is -2.38. The number of benzene rings is 2. The average molecular weight is 689 g/mol. The highest BCUT2D eigenvalue weighted by atomic mass is 35.5. The zero-order valence-electron chi connectivity index (χ0n) is 27.8. The molecule has 4 rings (SSSR count). The molecule has 7 nitrogen and oxygen atoms in total. The molecule has 0 bridgehead atoms. The van der Waals surface area contributed by atoms with Crippen molar-refractivity contribution in [1.82, 2.24) is 9.13 Å². The van der Waals surface area contributed by atoms with Gasteiger partial charge in [0.05, 0.1) is 17.1 Å². The molecule has 2 heterocycles. The van der Waals surface area contributed by atoms with Gasteiger partial charge in [0.1, 0.15) is 27.3 Å². The molecule has 252 valence electrons. The largest absolute Gasteiger partial charge is 0.443 e. The second-order valence-electron chi connectivity index (χ2n) is 11.7. The fourth-order valence-electron chi connectivity index (χ4n) is 5.15. The highest BCUT2D eigenvalue weighted by Crippen LogP contribution is 2.33. The number of hydrogen-bond acceptors (Lipinski definition) is 4. The molecule has 47 heavy (non-hydrogen) atoms. The number of aromatic nitrogens is 2. The van der Waals surface area contributed by atoms with Gasteiger partial charge < -0.3 is 13.9 Å². The van der Waals surface area contributed by atoms with Crippen molar-refractivity contribution in [2.45, 2.75) is 80.0 Å². The Balaban J connectivity index is 0.000000267. The van der Waals surface area contributed by atoms with Gasteiger partial charge in [0.2, 0.25) is 0 Å². The summed E-state index contributed by atoms with van der Waals surface area (Å²) in [5.74, 6) is -0.677. The molecule has 0 radical (unpaired) electrons. The molecular weight excluding hydrogens is 647 g/mol. The van der Waals surface area contributed by atoms with E-state index < -0.39 is 11.7 Å². The minimum Gasteiger partial charge on any atom is -0.443 e. The summed E-state index contributed by atoms with van der Waals surface area (Å²) in [6.07, 6.45) is 1.23. The summed E-state index contributed by atoms with van der Waals surface area (Å²) in [6.45, 7) is 14.1. The van der Waals surface area contributed by atoms with E-state index in [2.05, 4.69) is 6.92 Å². The predicted octanol–water partition coefficient (Wildman–Crippen LogP) is 9.37. The van der Waals surface area contributed by atoms with Gasteiger partial charge in [0.15, 0.2) is 0 Å². The maximum atomic E-state index is 13.4. The van der Waals surface area contributed by atoms with Crippen molar-refractivity contribution in [3.63, 3.8) is 0 Å². The van der Waals surface area contributed by atoms with E-state index in [1.54, 1.807) is 69.5 Å². The van der Waals surface area contributed by atoms with Crippen molar-refractivity contribution in [1.29, 1.82) is 0 Å². The first-order valence-corrected chi connectivity index (χ1v) is 16.3. The SMILES string of the molecule is CCCc1cc(Cl)c(=O)n(CC)c1-c1ccc(F)cc1.CCN(C(=O)OC(C)(C)C)c1cc(Cl)c(=O)n(CC)c1-c1ccc(F)cc1. The minimum atomic E-state index is -0.677. The molecule has 0 aliphatic rings. The number of amides is 1. The standard InChI is InChI=1S/C20H24ClFN2O3.C16H17ClFNO/c1-6-23(19(26)27-20(3,4)5)16-12-15(21)18(25)24(7-2)17(16)13-8-10-14(22)11-9-13;1-3-5-12-10-14(17)16(20)19(4-2)15(12)11-6-8-13(18)9-7-11/h8-12H,6-7H2,1-5H3;6-10H,3-5H2,1-2H3. The third-order valence-corrected chi connectivity index (χ3v) is 7.70. The highest BCUT2D eigenvalue weighted by Gasteiger charge is 2.27. The number of aryl methyl sites for hydroxylation is 1. The average Bonchev–Trinajstić information content (AvgIpc) is 3.01. The molecular formula is C36H41Cl2F2N3O4. The van der Waals surface area contributed by atoms with Crippen molar-refractivity contribution in [2.75, 3.05) is 11.4 Å². The zero-order chi connectivity index (χ0) is 35.1. The Kier molecular flexibility index (Phi) is 13.0. The minimum absolute atomic E-state index is 0.000259. The van der Waals surface area contributed by atoms with Crippen LogP contribution in [0.2, 0.25) is 10.0 Å². The fourth-order valence-corrected chi connectivity index (χ4v) is 5.59. The number of carbonyl (C=O) groups is 1. The fraction of sp³-hybridized carbons (Fsp3) is 0.361. The highest BCUT2D eigenvalue weighted by molar-refractivity contribution is 6.31. The van der Waals surface area contributed by atoms with Gasteiger partial charge in [-0.15, -0.1) is 0 Å². The van der Waals surface area contributed by atoms with E-state index in [4.69, 9.17) is 27.9 Å². The summed E-state index contributed by atoms with van der Waals surface area (Å²) < 4.78 is 35.1. The van der Waals surface area contributed by atoms with Crippen LogP contribution in [0.5, 0.6) is 0 Å². The van der Waals surface area contributed by atoms with Gasteiger partial charge in [-0.1, -0.05) is 36.5 Å². The van der Waals surface area contributed by atoms with E-state index in [-0.39, 0.29) is 32.8 Å². The number of carbonyl (C=O) groups excluding carboxylic acids is 1. The van der Waals surface area contributed by atoms with Crippen molar-refractivity contribution in [3.8, 4) is 22.5 Å². The Morgan fingerprint density at radius 3 is 1.64 bits per heavy atom. The van der Waals surface area contributed by atoms with Crippen LogP contribution in [-0.4, -0.2) is 27.4 Å². The first kappa shape index (κ1) is 37.5. The molecule has 0 atom stereocenters. The van der Waals surface area contributed by atoms with Gasteiger partial charge in [-0.25, -0.2) is 13.6 Å². The first-order chi connectivity index (χ1) is 22.2. The molecule has 11 heteroatoms. The quantitative estimate of drug-likeness (QED) is 0.185. The Morgan fingerprint density at radius 2 is 1.21 bits per heavy atom. The number of nitrogens with zero attached hydrogens (tertiary/aromatic N) is 3. The van der Waals surface area contributed by atoms with Crippen LogP contribution in [0.25, 0.3) is 22.5 Å². The summed E-state index contributed by atoms with van der Waals surface area (Å²) in [4.78, 5) is 38.9. The summed E-state index contributed by atoms with van der Waals surface area (Å²) in [7, 11) is 0. The zero-order valence-corrected chi connectivity index (χ0v) is 29.3. The molecule has 0 N–H and O–H groups in total. The summed E-state index contributed by atoms with van der Waals surface area (Å²) in [6, 6.07) is 15.2. The number of hydrogen-bond donors (Lipinski definition) is 0. The smallest absolute Gasteiger partial charge is 0.414 e. The van der Waals surface area contributed by atoms with E-state index in [0.29, 0.717) is 36.6 Å². The van der Waals surface area contributed by atoms with Crippen LogP contribution in [-0.2, 0) is 24.2 Å². The number of anilines is 1. The summed E-state index contributed by atoms with van der Waals surface area (Å²) in [5.41, 5.74) is 2.97. The topological polar surface area (TPSA) is 73.5 Å². The maximum Gasteiger partial charge on any atom is 0.414 e. The van der Waals surface area contributed by atoms with Crippen molar-refractivity contribution >= 4 is 35.0 Å². The van der Waals surface area contributed by atoms with E-state index >= 15 is 0 Å². The number of pyridine rings is 2. The summed E-state index contributed by atoms with van der Waals surface area (Å²) >= 11 is 12.2. The molecule has 0 unspecified atom stereocenters. The van der Waals surface area contributed by atoms with Crippen molar-refractivity contribution < 1.29 is 18.3 Å². The van der Waals surface area contributed by atoms with Crippen LogP contribution < -0.4 is 16.0 Å². The Bertz CT molecular complexity index is 1810. The van der Waals surface area contributed by atoms with Gasteiger partial charge in [-0.3, -0.25) is 14.5 Å². The van der Waals surface area contributed by atoms with Crippen LogP contribution in [0.4, 0.5) is 19.3 Å². The van der Waals surface area contributed by atoms with Gasteiger partial charge >= 0.3 is 6.09 Å². The maximum absolute atomic E-state index is 13.4. The van der Waals surface area contributed by atoms with Gasteiger partial charge in [0.25, 0.3) is 11.1 Å². The number of rotatable bonds is 8. The predicted molar refractivity (Wildman–Crippen MR) is 187 cm³/mol. The molecule has 4 aromatic rings. The molecule has 1 amide bonds. The van der Waals surface area contributed by atoms with E-state index in [0.717, 1.165) is 29.7 Å². The third kappa shape index (κ3) is 9.11. The Morgan fingerprint density at radius 1 is 0.766 bits per heavy atom. The molecule has 0 saturated carbocycles. The summed E-state index contributed by atoms with van der Waals surface area (Å²) in [5, 5.41) is 0.237. The molecule has 0 spiro atoms. The van der Waals surface area contributed by atoms with Gasteiger partial charge in [-0.05, 0) is 120 Å². The molecule has 2 aromatic heterocycles. The third-order valence-electron chi connectivity index (χ3n) is 7.16. The van der Waals surface area contributed by atoms with Crippen LogP contribution >= 0.6 is 23.2 Å². The van der Waals surface area contributed by atoms with Crippen LogP contribution in [0.15, 0.2) is 70.3 Å². The second-order valence-corrected chi connectivity index (χ2v) is 12.5. The van der Waals surface area contributed by atoms with Gasteiger partial charge in [-0.2, -0.15) is 0 Å². The lowest BCUT2D eigenvalue weighted by Gasteiger charge is -2.29. The van der Waals surface area contributed by atoms with Crippen LogP contribution in [0.3, 0.4) is 0 Å². The first-order valence-electron chi connectivity index (χ1n) is 15.5. The number of halogens is 4. The molecule has 0 saturated heterocycles.